The number of hydrogen-bond donors (Lipinski definition) is 0. The number of nitrogens with zero attached hydrogens (tertiary/aromatic N) is 2. The summed E-state index contributed by atoms with van der Waals surface area (Å²) in [5, 5.41) is 11.1. The van der Waals surface area contributed by atoms with Gasteiger partial charge in [-0.25, -0.2) is 0 Å². The first-order valence-electron chi connectivity index (χ1n) is 9.96. The molecule has 0 spiro atoms. The van der Waals surface area contributed by atoms with Crippen molar-refractivity contribution in [3.8, 4) is 11.8 Å². The van der Waals surface area contributed by atoms with E-state index in [1.54, 1.807) is 7.11 Å². The Hall–Kier alpha value is -2.38. The SMILES string of the molecule is COc1ccc2cc(C(=O)C3CCCN(C4CCC4)C3)ccc2c1CC#N. The summed E-state index contributed by atoms with van der Waals surface area (Å²) in [7, 11) is 1.62. The van der Waals surface area contributed by atoms with Gasteiger partial charge in [-0.05, 0) is 55.1 Å². The first-order valence-corrected chi connectivity index (χ1v) is 9.96. The zero-order chi connectivity index (χ0) is 18.8. The molecule has 1 aliphatic carbocycles. The van der Waals surface area contributed by atoms with E-state index < -0.39 is 0 Å². The molecule has 0 N–H and O–H groups in total. The van der Waals surface area contributed by atoms with Crippen molar-refractivity contribution < 1.29 is 9.53 Å². The van der Waals surface area contributed by atoms with Gasteiger partial charge < -0.3 is 4.74 Å². The standard InChI is InChI=1S/C23H26N2O2/c1-27-22-10-8-16-14-17(7-9-20(16)21(22)11-12-24)23(26)18-4-3-13-25(15-18)19-5-2-6-19/h7-10,14,18-19H,2-6,11,13,15H2,1H3. The van der Waals surface area contributed by atoms with Crippen molar-refractivity contribution in [2.45, 2.75) is 44.6 Å². The van der Waals surface area contributed by atoms with Crippen molar-refractivity contribution >= 4 is 16.6 Å². The number of rotatable bonds is 5. The third kappa shape index (κ3) is 3.44. The summed E-state index contributed by atoms with van der Waals surface area (Å²) in [6, 6.07) is 12.7. The molecule has 2 aromatic carbocycles. The van der Waals surface area contributed by atoms with Crippen LogP contribution >= 0.6 is 0 Å². The Balaban J connectivity index is 1.59. The van der Waals surface area contributed by atoms with E-state index in [4.69, 9.17) is 10.00 Å². The molecule has 1 aliphatic heterocycles. The number of benzene rings is 2. The highest BCUT2D eigenvalue weighted by Gasteiger charge is 2.32. The fourth-order valence-electron chi connectivity index (χ4n) is 4.52. The van der Waals surface area contributed by atoms with Crippen molar-refractivity contribution in [2.75, 3.05) is 20.2 Å². The number of hydrogen-bond acceptors (Lipinski definition) is 4. The van der Waals surface area contributed by atoms with Gasteiger partial charge in [0, 0.05) is 29.6 Å². The van der Waals surface area contributed by atoms with Crippen molar-refractivity contribution in [2.24, 2.45) is 5.92 Å². The maximum Gasteiger partial charge on any atom is 0.167 e. The zero-order valence-corrected chi connectivity index (χ0v) is 15.9. The number of ether oxygens (including phenoxy) is 1. The molecular weight excluding hydrogens is 336 g/mol. The molecule has 1 atom stereocenters. The minimum Gasteiger partial charge on any atom is -0.496 e. The fourth-order valence-corrected chi connectivity index (χ4v) is 4.52. The second-order valence-electron chi connectivity index (χ2n) is 7.80. The van der Waals surface area contributed by atoms with Crippen LogP contribution in [0.15, 0.2) is 30.3 Å². The van der Waals surface area contributed by atoms with Gasteiger partial charge in [0.25, 0.3) is 0 Å². The Morgan fingerprint density at radius 2 is 2.07 bits per heavy atom. The quantitative estimate of drug-likeness (QED) is 0.742. The molecular formula is C23H26N2O2. The molecule has 0 amide bonds. The topological polar surface area (TPSA) is 53.3 Å². The first-order chi connectivity index (χ1) is 13.2. The highest BCUT2D eigenvalue weighted by atomic mass is 16.5. The lowest BCUT2D eigenvalue weighted by Gasteiger charge is -2.42. The average Bonchev–Trinajstić information content (AvgIpc) is 2.66. The Bertz CT molecular complexity index is 895. The second-order valence-corrected chi connectivity index (χ2v) is 7.80. The van der Waals surface area contributed by atoms with Crippen molar-refractivity contribution in [3.05, 3.63) is 41.5 Å². The smallest absolute Gasteiger partial charge is 0.167 e. The van der Waals surface area contributed by atoms with Crippen LogP contribution in [-0.4, -0.2) is 36.9 Å². The van der Waals surface area contributed by atoms with Crippen LogP contribution in [0.4, 0.5) is 0 Å². The van der Waals surface area contributed by atoms with Gasteiger partial charge in [0.1, 0.15) is 5.75 Å². The van der Waals surface area contributed by atoms with Gasteiger partial charge in [-0.1, -0.05) is 24.6 Å². The van der Waals surface area contributed by atoms with E-state index in [0.29, 0.717) is 12.5 Å². The third-order valence-electron chi connectivity index (χ3n) is 6.26. The number of piperidine rings is 1. The summed E-state index contributed by atoms with van der Waals surface area (Å²) in [5.74, 6) is 1.10. The first kappa shape index (κ1) is 18.0. The molecule has 2 aromatic rings. The van der Waals surface area contributed by atoms with Gasteiger partial charge in [-0.3, -0.25) is 9.69 Å². The van der Waals surface area contributed by atoms with E-state index >= 15 is 0 Å². The summed E-state index contributed by atoms with van der Waals surface area (Å²) < 4.78 is 5.41. The Kier molecular flexibility index (Phi) is 5.13. The van der Waals surface area contributed by atoms with Crippen LogP contribution in [0.5, 0.6) is 5.75 Å². The average molecular weight is 362 g/mol. The summed E-state index contributed by atoms with van der Waals surface area (Å²) >= 11 is 0. The van der Waals surface area contributed by atoms with E-state index in [1.165, 1.54) is 19.3 Å². The zero-order valence-electron chi connectivity index (χ0n) is 15.9. The molecule has 0 bridgehead atoms. The number of carbonyl (C=O) groups is 1. The maximum atomic E-state index is 13.1. The molecule has 140 valence electrons. The van der Waals surface area contributed by atoms with Gasteiger partial charge in [0.2, 0.25) is 0 Å². The predicted octanol–water partition coefficient (Wildman–Crippen LogP) is 4.36. The van der Waals surface area contributed by atoms with Crippen LogP contribution in [-0.2, 0) is 6.42 Å². The lowest BCUT2D eigenvalue weighted by Crippen LogP contribution is -2.47. The van der Waals surface area contributed by atoms with Crippen LogP contribution in [0.25, 0.3) is 10.8 Å². The van der Waals surface area contributed by atoms with Crippen LogP contribution in [0.2, 0.25) is 0 Å². The van der Waals surface area contributed by atoms with Gasteiger partial charge in [0.15, 0.2) is 5.78 Å². The summed E-state index contributed by atoms with van der Waals surface area (Å²) in [6.45, 7) is 2.05. The minimum absolute atomic E-state index is 0.105. The predicted molar refractivity (Wildman–Crippen MR) is 106 cm³/mol. The number of fused-ring (bicyclic) bond motifs is 1. The van der Waals surface area contributed by atoms with E-state index in [0.717, 1.165) is 53.6 Å². The number of methoxy groups -OCH3 is 1. The number of likely N-dealkylation sites (tertiary alicyclic amines) is 1. The molecule has 4 nitrogen and oxygen atoms in total. The lowest BCUT2D eigenvalue weighted by atomic mass is 9.85. The fraction of sp³-hybridized carbons (Fsp3) is 0.478. The molecule has 1 saturated heterocycles. The van der Waals surface area contributed by atoms with E-state index in [1.807, 2.05) is 30.3 Å². The summed E-state index contributed by atoms with van der Waals surface area (Å²) in [5.41, 5.74) is 1.68. The molecule has 1 heterocycles. The molecule has 0 aromatic heterocycles. The molecule has 2 fully saturated rings. The second kappa shape index (κ2) is 7.70. The highest BCUT2D eigenvalue weighted by molar-refractivity contribution is 6.02. The molecule has 4 rings (SSSR count). The van der Waals surface area contributed by atoms with Crippen molar-refractivity contribution in [1.29, 1.82) is 5.26 Å². The van der Waals surface area contributed by atoms with Crippen LogP contribution in [0.3, 0.4) is 0 Å². The molecule has 27 heavy (non-hydrogen) atoms. The van der Waals surface area contributed by atoms with Crippen molar-refractivity contribution in [1.82, 2.24) is 4.90 Å². The number of ketones is 1. The summed E-state index contributed by atoms with van der Waals surface area (Å²) in [4.78, 5) is 15.7. The van der Waals surface area contributed by atoms with Crippen LogP contribution in [0.1, 0.15) is 48.0 Å². The normalized spacial score (nSPS) is 20.8. The molecule has 1 unspecified atom stereocenters. The lowest BCUT2D eigenvalue weighted by molar-refractivity contribution is 0.0612. The molecule has 2 aliphatic rings. The van der Waals surface area contributed by atoms with Gasteiger partial charge >= 0.3 is 0 Å². The van der Waals surface area contributed by atoms with E-state index in [-0.39, 0.29) is 11.7 Å². The molecule has 4 heteroatoms. The van der Waals surface area contributed by atoms with Gasteiger partial charge in [-0.15, -0.1) is 0 Å². The van der Waals surface area contributed by atoms with Crippen LogP contribution < -0.4 is 4.74 Å². The van der Waals surface area contributed by atoms with E-state index in [9.17, 15) is 4.79 Å². The molecule has 1 saturated carbocycles. The van der Waals surface area contributed by atoms with Gasteiger partial charge in [-0.2, -0.15) is 5.26 Å². The molecule has 0 radical (unpaired) electrons. The largest absolute Gasteiger partial charge is 0.496 e. The Morgan fingerprint density at radius 1 is 1.22 bits per heavy atom. The number of nitriles is 1. The number of Topliss-reactive ketones (excluding diaryl/α,β-unsaturated/α-hetero) is 1. The maximum absolute atomic E-state index is 13.1. The van der Waals surface area contributed by atoms with Crippen LogP contribution in [0, 0.1) is 17.2 Å². The minimum atomic E-state index is 0.105. The summed E-state index contributed by atoms with van der Waals surface area (Å²) in [6.07, 6.45) is 6.32. The van der Waals surface area contributed by atoms with E-state index in [2.05, 4.69) is 11.0 Å². The monoisotopic (exact) mass is 362 g/mol. The third-order valence-corrected chi connectivity index (χ3v) is 6.26. The van der Waals surface area contributed by atoms with Gasteiger partial charge in [0.05, 0.1) is 19.6 Å². The Labute approximate surface area is 160 Å². The Morgan fingerprint density at radius 3 is 2.78 bits per heavy atom. The van der Waals surface area contributed by atoms with Crippen molar-refractivity contribution in [3.63, 3.8) is 0 Å². The highest BCUT2D eigenvalue weighted by Crippen LogP contribution is 2.32. The number of carbonyl (C=O) groups excluding carboxylic acids is 1.